The second kappa shape index (κ2) is 2.67. The van der Waals surface area contributed by atoms with E-state index >= 15 is 0 Å². The molecule has 3 heteroatoms. The molecule has 0 radical (unpaired) electrons. The summed E-state index contributed by atoms with van der Waals surface area (Å²) in [6, 6.07) is 0. The molecule has 3 nitrogen and oxygen atoms in total. The van der Waals surface area contributed by atoms with Crippen LogP contribution in [0.15, 0.2) is 5.16 Å². The summed E-state index contributed by atoms with van der Waals surface area (Å²) in [5.74, 6) is 0. The van der Waals surface area contributed by atoms with Crippen LogP contribution in [0.4, 0.5) is 0 Å². The van der Waals surface area contributed by atoms with Crippen molar-refractivity contribution in [2.45, 2.75) is 13.0 Å². The maximum Gasteiger partial charge on any atom is 0.152 e. The zero-order valence-corrected chi connectivity index (χ0v) is 4.92. The summed E-state index contributed by atoms with van der Waals surface area (Å²) in [5, 5.41) is 6.70. The number of oxime groups is 1. The Labute approximate surface area is 48.7 Å². The Bertz CT molecular complexity index is 88.4. The molecule has 1 aliphatic heterocycles. The summed E-state index contributed by atoms with van der Waals surface area (Å²) in [6.07, 6.45) is 1.98. The van der Waals surface area contributed by atoms with Gasteiger partial charge in [0.2, 0.25) is 0 Å². The first-order chi connectivity index (χ1) is 3.93. The SMILES string of the molecule is C/C=N/OC1CNC1. The number of hydrogen-bond acceptors (Lipinski definition) is 3. The van der Waals surface area contributed by atoms with Crippen molar-refractivity contribution in [3.63, 3.8) is 0 Å². The summed E-state index contributed by atoms with van der Waals surface area (Å²) in [5.41, 5.74) is 0. The summed E-state index contributed by atoms with van der Waals surface area (Å²) in [7, 11) is 0. The average molecular weight is 114 g/mol. The third-order valence-electron chi connectivity index (χ3n) is 1.06. The zero-order valence-electron chi connectivity index (χ0n) is 4.92. The fourth-order valence-electron chi connectivity index (χ4n) is 0.484. The molecule has 0 spiro atoms. The molecular weight excluding hydrogens is 104 g/mol. The Hall–Kier alpha value is -0.570. The molecular formula is C5H10N2O. The summed E-state index contributed by atoms with van der Waals surface area (Å²) >= 11 is 0. The number of hydrogen-bond donors (Lipinski definition) is 1. The van der Waals surface area contributed by atoms with Gasteiger partial charge >= 0.3 is 0 Å². The quantitative estimate of drug-likeness (QED) is 0.404. The maximum absolute atomic E-state index is 4.93. The molecule has 46 valence electrons. The number of nitrogens with one attached hydrogen (secondary N) is 1. The van der Waals surface area contributed by atoms with Crippen LogP contribution in [0.2, 0.25) is 0 Å². The van der Waals surface area contributed by atoms with Crippen LogP contribution in [0.3, 0.4) is 0 Å². The van der Waals surface area contributed by atoms with Crippen molar-refractivity contribution in [3.05, 3.63) is 0 Å². The first-order valence-electron chi connectivity index (χ1n) is 2.78. The predicted octanol–water partition coefficient (Wildman–Crippen LogP) is -0.0195. The van der Waals surface area contributed by atoms with Gasteiger partial charge in [-0.2, -0.15) is 0 Å². The van der Waals surface area contributed by atoms with Crippen molar-refractivity contribution < 1.29 is 4.84 Å². The Kier molecular flexibility index (Phi) is 1.86. The highest BCUT2D eigenvalue weighted by atomic mass is 16.6. The molecule has 0 bridgehead atoms. The highest BCUT2D eigenvalue weighted by Crippen LogP contribution is 1.96. The van der Waals surface area contributed by atoms with Crippen LogP contribution in [0.25, 0.3) is 0 Å². The van der Waals surface area contributed by atoms with Crippen LogP contribution < -0.4 is 5.32 Å². The molecule has 0 amide bonds. The Morgan fingerprint density at radius 2 is 2.50 bits per heavy atom. The van der Waals surface area contributed by atoms with Gasteiger partial charge in [0, 0.05) is 19.3 Å². The molecule has 0 aromatic rings. The van der Waals surface area contributed by atoms with E-state index in [1.54, 1.807) is 6.21 Å². The van der Waals surface area contributed by atoms with Gasteiger partial charge < -0.3 is 10.2 Å². The van der Waals surface area contributed by atoms with Gasteiger partial charge in [-0.25, -0.2) is 0 Å². The van der Waals surface area contributed by atoms with E-state index < -0.39 is 0 Å². The second-order valence-electron chi connectivity index (χ2n) is 1.75. The summed E-state index contributed by atoms with van der Waals surface area (Å²) in [4.78, 5) is 4.93. The summed E-state index contributed by atoms with van der Waals surface area (Å²) < 4.78 is 0. The third kappa shape index (κ3) is 1.20. The molecule has 1 N–H and O–H groups in total. The van der Waals surface area contributed by atoms with Crippen molar-refractivity contribution in [2.24, 2.45) is 5.16 Å². The molecule has 1 heterocycles. The average Bonchev–Trinajstić information content (AvgIpc) is 1.63. The molecule has 1 fully saturated rings. The van der Waals surface area contributed by atoms with E-state index in [0.717, 1.165) is 13.1 Å². The van der Waals surface area contributed by atoms with Crippen LogP contribution in [0, 0.1) is 0 Å². The fourth-order valence-corrected chi connectivity index (χ4v) is 0.484. The molecule has 8 heavy (non-hydrogen) atoms. The van der Waals surface area contributed by atoms with Crippen LogP contribution in [0.1, 0.15) is 6.92 Å². The molecule has 0 unspecified atom stereocenters. The lowest BCUT2D eigenvalue weighted by atomic mass is 10.2. The van der Waals surface area contributed by atoms with Gasteiger partial charge in [0.05, 0.1) is 0 Å². The molecule has 1 aliphatic rings. The molecule has 0 saturated carbocycles. The van der Waals surface area contributed by atoms with Crippen LogP contribution in [-0.4, -0.2) is 25.4 Å². The van der Waals surface area contributed by atoms with Crippen LogP contribution in [0.5, 0.6) is 0 Å². The van der Waals surface area contributed by atoms with E-state index in [-0.39, 0.29) is 0 Å². The van der Waals surface area contributed by atoms with E-state index in [0.29, 0.717) is 6.10 Å². The highest BCUT2D eigenvalue weighted by Gasteiger charge is 2.16. The molecule has 0 aromatic carbocycles. The Morgan fingerprint density at radius 1 is 1.75 bits per heavy atom. The van der Waals surface area contributed by atoms with Gasteiger partial charge in [-0.3, -0.25) is 0 Å². The van der Waals surface area contributed by atoms with Gasteiger partial charge in [0.25, 0.3) is 0 Å². The first kappa shape index (κ1) is 5.56. The molecule has 0 aliphatic carbocycles. The Morgan fingerprint density at radius 3 is 2.88 bits per heavy atom. The largest absolute Gasteiger partial charge is 0.390 e. The maximum atomic E-state index is 4.93. The minimum atomic E-state index is 0.325. The van der Waals surface area contributed by atoms with Gasteiger partial charge in [0.15, 0.2) is 6.10 Å². The molecule has 0 atom stereocenters. The van der Waals surface area contributed by atoms with Crippen LogP contribution >= 0.6 is 0 Å². The van der Waals surface area contributed by atoms with Gasteiger partial charge in [0.1, 0.15) is 0 Å². The van der Waals surface area contributed by atoms with Crippen LogP contribution in [-0.2, 0) is 4.84 Å². The van der Waals surface area contributed by atoms with Crippen molar-refractivity contribution in [3.8, 4) is 0 Å². The van der Waals surface area contributed by atoms with E-state index in [1.807, 2.05) is 6.92 Å². The molecule has 1 saturated heterocycles. The third-order valence-corrected chi connectivity index (χ3v) is 1.06. The minimum absolute atomic E-state index is 0.325. The van der Waals surface area contributed by atoms with Crippen molar-refractivity contribution >= 4 is 6.21 Å². The van der Waals surface area contributed by atoms with Crippen molar-refractivity contribution in [1.29, 1.82) is 0 Å². The zero-order chi connectivity index (χ0) is 5.82. The monoisotopic (exact) mass is 114 g/mol. The fraction of sp³-hybridized carbons (Fsp3) is 0.800. The molecule has 0 aromatic heterocycles. The normalized spacial score (nSPS) is 21.1. The van der Waals surface area contributed by atoms with E-state index in [2.05, 4.69) is 10.5 Å². The van der Waals surface area contributed by atoms with Crippen molar-refractivity contribution in [2.75, 3.05) is 13.1 Å². The number of rotatable bonds is 2. The Balaban J connectivity index is 2.01. The smallest absolute Gasteiger partial charge is 0.152 e. The van der Waals surface area contributed by atoms with E-state index in [1.165, 1.54) is 0 Å². The highest BCUT2D eigenvalue weighted by molar-refractivity contribution is 5.52. The molecule has 1 rings (SSSR count). The van der Waals surface area contributed by atoms with Crippen molar-refractivity contribution in [1.82, 2.24) is 5.32 Å². The van der Waals surface area contributed by atoms with E-state index in [9.17, 15) is 0 Å². The van der Waals surface area contributed by atoms with E-state index in [4.69, 9.17) is 4.84 Å². The predicted molar refractivity (Wildman–Crippen MR) is 31.9 cm³/mol. The summed E-state index contributed by atoms with van der Waals surface area (Å²) in [6.45, 7) is 3.72. The van der Waals surface area contributed by atoms with Gasteiger partial charge in [-0.1, -0.05) is 5.16 Å². The lowest BCUT2D eigenvalue weighted by molar-refractivity contribution is 0.0240. The standard InChI is InChI=1S/C5H10N2O/c1-2-7-8-5-3-6-4-5/h2,5-6H,3-4H2,1H3/b7-2+. The lowest BCUT2D eigenvalue weighted by Crippen LogP contribution is -2.47. The van der Waals surface area contributed by atoms with Gasteiger partial charge in [-0.05, 0) is 6.92 Å². The first-order valence-corrected chi connectivity index (χ1v) is 2.78. The minimum Gasteiger partial charge on any atom is -0.390 e. The topological polar surface area (TPSA) is 33.6 Å². The number of nitrogens with zero attached hydrogens (tertiary/aromatic N) is 1. The van der Waals surface area contributed by atoms with Gasteiger partial charge in [-0.15, -0.1) is 0 Å². The second-order valence-corrected chi connectivity index (χ2v) is 1.75. The lowest BCUT2D eigenvalue weighted by Gasteiger charge is -2.23.